The van der Waals surface area contributed by atoms with Gasteiger partial charge in [0.1, 0.15) is 0 Å². The largest absolute Gasteiger partial charge is 0.493 e. The molecular weight excluding hydrogens is 476 g/mol. The molecule has 0 aliphatic heterocycles. The number of rotatable bonds is 9. The molecule has 0 unspecified atom stereocenters. The number of halogens is 1. The first-order valence-electron chi connectivity index (χ1n) is 9.18. The van der Waals surface area contributed by atoms with Gasteiger partial charge in [-0.25, -0.2) is 13.1 Å². The van der Waals surface area contributed by atoms with Crippen molar-refractivity contribution in [2.24, 2.45) is 0 Å². The van der Waals surface area contributed by atoms with E-state index < -0.39 is 15.9 Å². The summed E-state index contributed by atoms with van der Waals surface area (Å²) in [6, 6.07) is 7.82. The minimum atomic E-state index is -3.66. The van der Waals surface area contributed by atoms with Gasteiger partial charge >= 0.3 is 0 Å². The lowest BCUT2D eigenvalue weighted by Gasteiger charge is -2.15. The maximum Gasteiger partial charge on any atom is 0.252 e. The zero-order valence-electron chi connectivity index (χ0n) is 16.8. The molecule has 1 fully saturated rings. The Hall–Kier alpha value is -2.30. The molecule has 0 saturated heterocycles. The Bertz CT molecular complexity index is 1030. The normalized spacial score (nSPS) is 13.6. The number of benzene rings is 2. The van der Waals surface area contributed by atoms with Gasteiger partial charge in [0.15, 0.2) is 11.5 Å². The van der Waals surface area contributed by atoms with Crippen LogP contribution in [-0.2, 0) is 16.6 Å². The number of hydrogen-bond donors (Lipinski definition) is 2. The quantitative estimate of drug-likeness (QED) is 0.550. The Labute approximate surface area is 184 Å². The smallest absolute Gasteiger partial charge is 0.252 e. The van der Waals surface area contributed by atoms with E-state index in [-0.39, 0.29) is 23.0 Å². The second kappa shape index (κ2) is 9.23. The number of hydrogen-bond acceptors (Lipinski definition) is 6. The predicted octanol–water partition coefficient (Wildman–Crippen LogP) is 2.85. The van der Waals surface area contributed by atoms with Crippen molar-refractivity contribution in [2.45, 2.75) is 30.3 Å². The molecule has 1 amide bonds. The minimum absolute atomic E-state index is 0.0176. The molecule has 2 N–H and O–H groups in total. The average molecular weight is 499 g/mol. The van der Waals surface area contributed by atoms with E-state index in [1.54, 1.807) is 18.2 Å². The number of nitrogens with one attached hydrogen (secondary N) is 2. The van der Waals surface area contributed by atoms with E-state index in [0.717, 1.165) is 18.4 Å². The van der Waals surface area contributed by atoms with E-state index in [0.29, 0.717) is 21.7 Å². The summed E-state index contributed by atoms with van der Waals surface area (Å²) in [6.07, 6.45) is 1.66. The van der Waals surface area contributed by atoms with Crippen molar-refractivity contribution in [2.75, 3.05) is 21.3 Å². The van der Waals surface area contributed by atoms with Gasteiger partial charge in [-0.05, 0) is 64.7 Å². The molecular formula is C20H23BrN2O6S. The third-order valence-corrected chi connectivity index (χ3v) is 6.78. The van der Waals surface area contributed by atoms with Crippen LogP contribution >= 0.6 is 15.9 Å². The summed E-state index contributed by atoms with van der Waals surface area (Å²) in [5.41, 5.74) is 0.953. The second-order valence-corrected chi connectivity index (χ2v) is 9.32. The monoisotopic (exact) mass is 498 g/mol. The molecule has 0 heterocycles. The SMILES string of the molecule is COc1cc(CNC(=O)c2cc(S(=O)(=O)NC3CC3)ccc2Br)cc(OC)c1OC. The van der Waals surface area contributed by atoms with E-state index in [9.17, 15) is 13.2 Å². The molecule has 1 saturated carbocycles. The van der Waals surface area contributed by atoms with E-state index in [1.165, 1.54) is 33.5 Å². The number of ether oxygens (including phenoxy) is 3. The van der Waals surface area contributed by atoms with Gasteiger partial charge in [0.25, 0.3) is 5.91 Å². The molecule has 0 spiro atoms. The molecule has 2 aromatic carbocycles. The number of amides is 1. The third kappa shape index (κ3) is 5.05. The summed E-state index contributed by atoms with van der Waals surface area (Å²) in [4.78, 5) is 12.8. The van der Waals surface area contributed by atoms with Crippen LogP contribution in [0.25, 0.3) is 0 Å². The summed E-state index contributed by atoms with van der Waals surface area (Å²) in [7, 11) is 0.877. The molecule has 10 heteroatoms. The van der Waals surface area contributed by atoms with E-state index >= 15 is 0 Å². The van der Waals surface area contributed by atoms with Gasteiger partial charge in [-0.1, -0.05) is 0 Å². The van der Waals surface area contributed by atoms with Gasteiger partial charge in [0, 0.05) is 17.1 Å². The van der Waals surface area contributed by atoms with Gasteiger partial charge in [-0.15, -0.1) is 0 Å². The Morgan fingerprint density at radius 1 is 1.07 bits per heavy atom. The van der Waals surface area contributed by atoms with Gasteiger partial charge in [-0.3, -0.25) is 4.79 Å². The predicted molar refractivity (Wildman–Crippen MR) is 115 cm³/mol. The number of sulfonamides is 1. The standard InChI is InChI=1S/C20H23BrN2O6S/c1-27-17-8-12(9-18(28-2)19(17)29-3)11-22-20(24)15-10-14(6-7-16(15)21)30(25,26)23-13-4-5-13/h6-10,13,23H,4-5,11H2,1-3H3,(H,22,24). The van der Waals surface area contributed by atoms with Crippen LogP contribution in [-0.4, -0.2) is 41.7 Å². The molecule has 8 nitrogen and oxygen atoms in total. The van der Waals surface area contributed by atoms with Crippen LogP contribution in [0.5, 0.6) is 17.2 Å². The highest BCUT2D eigenvalue weighted by atomic mass is 79.9. The summed E-state index contributed by atoms with van der Waals surface area (Å²) < 4.78 is 43.9. The number of methoxy groups -OCH3 is 3. The maximum absolute atomic E-state index is 12.7. The van der Waals surface area contributed by atoms with Gasteiger partial charge in [0.05, 0.1) is 31.8 Å². The molecule has 0 atom stereocenters. The first-order valence-corrected chi connectivity index (χ1v) is 11.5. The number of carbonyl (C=O) groups is 1. The fourth-order valence-corrected chi connectivity index (χ4v) is 4.61. The Kier molecular flexibility index (Phi) is 6.89. The van der Waals surface area contributed by atoms with Gasteiger partial charge in [0.2, 0.25) is 15.8 Å². The van der Waals surface area contributed by atoms with Crippen molar-refractivity contribution in [1.82, 2.24) is 10.0 Å². The van der Waals surface area contributed by atoms with E-state index in [2.05, 4.69) is 26.0 Å². The Balaban J connectivity index is 1.79. The zero-order chi connectivity index (χ0) is 21.9. The fourth-order valence-electron chi connectivity index (χ4n) is 2.85. The summed E-state index contributed by atoms with van der Waals surface area (Å²) in [5, 5.41) is 2.79. The van der Waals surface area contributed by atoms with Gasteiger partial charge in [-0.2, -0.15) is 0 Å². The first kappa shape index (κ1) is 22.4. The average Bonchev–Trinajstić information content (AvgIpc) is 3.54. The molecule has 0 aromatic heterocycles. The molecule has 1 aliphatic carbocycles. The van der Waals surface area contributed by atoms with Crippen molar-refractivity contribution >= 4 is 31.9 Å². The highest BCUT2D eigenvalue weighted by molar-refractivity contribution is 9.10. The molecule has 0 radical (unpaired) electrons. The number of carbonyl (C=O) groups excluding carboxylic acids is 1. The lowest BCUT2D eigenvalue weighted by atomic mass is 10.1. The lowest BCUT2D eigenvalue weighted by molar-refractivity contribution is 0.0950. The minimum Gasteiger partial charge on any atom is -0.493 e. The Morgan fingerprint density at radius 3 is 2.23 bits per heavy atom. The van der Waals surface area contributed by atoms with E-state index in [4.69, 9.17) is 14.2 Å². The summed E-state index contributed by atoms with van der Waals surface area (Å²) in [5.74, 6) is 0.987. The first-order chi connectivity index (χ1) is 14.3. The van der Waals surface area contributed by atoms with Crippen LogP contribution in [0.4, 0.5) is 0 Å². The molecule has 0 bridgehead atoms. The van der Waals surface area contributed by atoms with Crippen LogP contribution < -0.4 is 24.2 Å². The molecule has 3 rings (SSSR count). The molecule has 30 heavy (non-hydrogen) atoms. The van der Waals surface area contributed by atoms with Crippen molar-refractivity contribution in [1.29, 1.82) is 0 Å². The summed E-state index contributed by atoms with van der Waals surface area (Å²) in [6.45, 7) is 0.180. The van der Waals surface area contributed by atoms with Crippen molar-refractivity contribution in [3.8, 4) is 17.2 Å². The van der Waals surface area contributed by atoms with Gasteiger partial charge < -0.3 is 19.5 Å². The summed E-state index contributed by atoms with van der Waals surface area (Å²) >= 11 is 3.32. The lowest BCUT2D eigenvalue weighted by Crippen LogP contribution is -2.27. The van der Waals surface area contributed by atoms with Crippen molar-refractivity contribution < 1.29 is 27.4 Å². The molecule has 162 valence electrons. The van der Waals surface area contributed by atoms with Crippen LogP contribution in [0.2, 0.25) is 0 Å². The highest BCUT2D eigenvalue weighted by Crippen LogP contribution is 2.38. The second-order valence-electron chi connectivity index (χ2n) is 6.75. The topological polar surface area (TPSA) is 103 Å². The molecule has 2 aromatic rings. The zero-order valence-corrected chi connectivity index (χ0v) is 19.2. The van der Waals surface area contributed by atoms with Crippen LogP contribution in [0.15, 0.2) is 39.7 Å². The van der Waals surface area contributed by atoms with Crippen LogP contribution in [0.1, 0.15) is 28.8 Å². The van der Waals surface area contributed by atoms with Crippen molar-refractivity contribution in [3.05, 3.63) is 45.9 Å². The maximum atomic E-state index is 12.7. The van der Waals surface area contributed by atoms with E-state index in [1.807, 2.05) is 0 Å². The highest BCUT2D eigenvalue weighted by Gasteiger charge is 2.28. The van der Waals surface area contributed by atoms with Crippen molar-refractivity contribution in [3.63, 3.8) is 0 Å². The van der Waals surface area contributed by atoms with Crippen LogP contribution in [0.3, 0.4) is 0 Å². The fraction of sp³-hybridized carbons (Fsp3) is 0.350. The Morgan fingerprint density at radius 2 is 1.70 bits per heavy atom. The molecule has 1 aliphatic rings. The van der Waals surface area contributed by atoms with Crippen LogP contribution in [0, 0.1) is 0 Å². The third-order valence-electron chi connectivity index (χ3n) is 4.57.